The lowest BCUT2D eigenvalue weighted by Gasteiger charge is -2.10. The number of ether oxygens (including phenoxy) is 2. The molecule has 5 heteroatoms. The topological polar surface area (TPSA) is 43.4 Å². The van der Waals surface area contributed by atoms with Crippen molar-refractivity contribution in [1.82, 2.24) is 4.98 Å². The van der Waals surface area contributed by atoms with Gasteiger partial charge in [0, 0.05) is 29.8 Å². The number of fused-ring (bicyclic) bond motifs is 1. The highest BCUT2D eigenvalue weighted by Crippen LogP contribution is 2.31. The van der Waals surface area contributed by atoms with E-state index in [-0.39, 0.29) is 0 Å². The van der Waals surface area contributed by atoms with Gasteiger partial charge in [-0.2, -0.15) is 0 Å². The van der Waals surface area contributed by atoms with Crippen molar-refractivity contribution in [3.8, 4) is 17.4 Å². The van der Waals surface area contributed by atoms with E-state index < -0.39 is 0 Å². The van der Waals surface area contributed by atoms with Crippen molar-refractivity contribution in [2.24, 2.45) is 0 Å². The van der Waals surface area contributed by atoms with Crippen LogP contribution in [-0.2, 0) is 0 Å². The molecule has 0 fully saturated rings. The number of pyridine rings is 1. The SMILES string of the molecule is CCNc1ccc2nc(Oc3ccc(OCC)c(Cl)c3)ccc2c1. The zero-order chi connectivity index (χ0) is 16.9. The van der Waals surface area contributed by atoms with Crippen molar-refractivity contribution < 1.29 is 9.47 Å². The fraction of sp³-hybridized carbons (Fsp3) is 0.211. The monoisotopic (exact) mass is 342 g/mol. The average molecular weight is 343 g/mol. The van der Waals surface area contributed by atoms with Crippen LogP contribution in [0.4, 0.5) is 5.69 Å². The number of benzene rings is 2. The Morgan fingerprint density at radius 3 is 2.67 bits per heavy atom. The minimum absolute atomic E-state index is 0.519. The van der Waals surface area contributed by atoms with Gasteiger partial charge < -0.3 is 14.8 Å². The molecule has 2 aromatic carbocycles. The van der Waals surface area contributed by atoms with Crippen LogP contribution in [0.15, 0.2) is 48.5 Å². The van der Waals surface area contributed by atoms with Gasteiger partial charge in [0.1, 0.15) is 11.5 Å². The first-order valence-corrected chi connectivity index (χ1v) is 8.32. The second-order valence-corrected chi connectivity index (χ2v) is 5.62. The molecular formula is C19H19ClN2O2. The Morgan fingerprint density at radius 1 is 1.04 bits per heavy atom. The molecule has 1 N–H and O–H groups in total. The standard InChI is InChI=1S/C19H19ClN2O2/c1-3-21-14-6-8-17-13(11-14)5-10-19(22-17)24-15-7-9-18(23-4-2)16(20)12-15/h5-12,21H,3-4H2,1-2H3. The lowest BCUT2D eigenvalue weighted by atomic mass is 10.2. The van der Waals surface area contributed by atoms with Gasteiger partial charge in [0.2, 0.25) is 5.88 Å². The van der Waals surface area contributed by atoms with Crippen molar-refractivity contribution in [2.75, 3.05) is 18.5 Å². The van der Waals surface area contributed by atoms with Crippen LogP contribution in [0.2, 0.25) is 5.02 Å². The largest absolute Gasteiger partial charge is 0.492 e. The summed E-state index contributed by atoms with van der Waals surface area (Å²) in [4.78, 5) is 4.54. The Balaban J connectivity index is 1.82. The van der Waals surface area contributed by atoms with Crippen LogP contribution in [0.1, 0.15) is 13.8 Å². The van der Waals surface area contributed by atoms with Crippen LogP contribution in [0.3, 0.4) is 0 Å². The molecule has 0 saturated heterocycles. The maximum Gasteiger partial charge on any atom is 0.219 e. The summed E-state index contributed by atoms with van der Waals surface area (Å²) < 4.78 is 11.2. The zero-order valence-corrected chi connectivity index (χ0v) is 14.4. The number of halogens is 1. The number of anilines is 1. The molecule has 4 nitrogen and oxygen atoms in total. The zero-order valence-electron chi connectivity index (χ0n) is 13.7. The van der Waals surface area contributed by atoms with Crippen LogP contribution < -0.4 is 14.8 Å². The average Bonchev–Trinajstić information content (AvgIpc) is 2.58. The van der Waals surface area contributed by atoms with Gasteiger partial charge in [0.05, 0.1) is 17.1 Å². The number of aromatic nitrogens is 1. The fourth-order valence-electron chi connectivity index (χ4n) is 2.42. The molecule has 1 heterocycles. The van der Waals surface area contributed by atoms with E-state index in [0.717, 1.165) is 23.1 Å². The molecule has 0 radical (unpaired) electrons. The van der Waals surface area contributed by atoms with Crippen LogP contribution in [0.5, 0.6) is 17.4 Å². The molecule has 3 aromatic rings. The Kier molecular flexibility index (Phi) is 5.06. The molecule has 0 aliphatic rings. The first-order valence-electron chi connectivity index (χ1n) is 7.94. The summed E-state index contributed by atoms with van der Waals surface area (Å²) in [5.74, 6) is 1.80. The third-order valence-corrected chi connectivity index (χ3v) is 3.77. The highest BCUT2D eigenvalue weighted by molar-refractivity contribution is 6.32. The molecule has 3 rings (SSSR count). The van der Waals surface area contributed by atoms with E-state index in [0.29, 0.717) is 29.0 Å². The quantitative estimate of drug-likeness (QED) is 0.641. The Hall–Kier alpha value is -2.46. The molecule has 124 valence electrons. The van der Waals surface area contributed by atoms with Crippen LogP contribution in [0, 0.1) is 0 Å². The minimum atomic E-state index is 0.519. The van der Waals surface area contributed by atoms with Crippen molar-refractivity contribution in [2.45, 2.75) is 13.8 Å². The molecule has 0 amide bonds. The van der Waals surface area contributed by atoms with Gasteiger partial charge >= 0.3 is 0 Å². The maximum atomic E-state index is 6.18. The summed E-state index contributed by atoms with van der Waals surface area (Å²) in [7, 11) is 0. The highest BCUT2D eigenvalue weighted by Gasteiger charge is 2.06. The number of rotatable bonds is 6. The normalized spacial score (nSPS) is 10.6. The molecular weight excluding hydrogens is 324 g/mol. The number of hydrogen-bond acceptors (Lipinski definition) is 4. The van der Waals surface area contributed by atoms with Gasteiger partial charge in [-0.1, -0.05) is 11.6 Å². The summed E-state index contributed by atoms with van der Waals surface area (Å²) in [5.41, 5.74) is 1.96. The van der Waals surface area contributed by atoms with Gasteiger partial charge in [0.25, 0.3) is 0 Å². The summed E-state index contributed by atoms with van der Waals surface area (Å²) in [6, 6.07) is 15.2. The van der Waals surface area contributed by atoms with Crippen molar-refractivity contribution in [1.29, 1.82) is 0 Å². The van der Waals surface area contributed by atoms with Gasteiger partial charge in [0.15, 0.2) is 0 Å². The molecule has 24 heavy (non-hydrogen) atoms. The first-order chi connectivity index (χ1) is 11.7. The maximum absolute atomic E-state index is 6.18. The molecule has 0 saturated carbocycles. The molecule has 0 unspecified atom stereocenters. The van der Waals surface area contributed by atoms with Gasteiger partial charge in [-0.15, -0.1) is 0 Å². The predicted molar refractivity (Wildman–Crippen MR) is 98.6 cm³/mol. The molecule has 0 aliphatic carbocycles. The molecule has 0 aliphatic heterocycles. The lowest BCUT2D eigenvalue weighted by molar-refractivity contribution is 0.339. The highest BCUT2D eigenvalue weighted by atomic mass is 35.5. The van der Waals surface area contributed by atoms with Crippen LogP contribution >= 0.6 is 11.6 Å². The summed E-state index contributed by atoms with van der Waals surface area (Å²) in [6.45, 7) is 5.45. The molecule has 0 bridgehead atoms. The van der Waals surface area contributed by atoms with E-state index in [1.165, 1.54) is 0 Å². The number of nitrogens with zero attached hydrogens (tertiary/aromatic N) is 1. The van der Waals surface area contributed by atoms with Crippen molar-refractivity contribution >= 4 is 28.2 Å². The summed E-state index contributed by atoms with van der Waals surface area (Å²) in [5, 5.41) is 4.87. The Bertz CT molecular complexity index is 852. The Labute approximate surface area is 146 Å². The molecule has 0 spiro atoms. The Morgan fingerprint density at radius 2 is 1.92 bits per heavy atom. The summed E-state index contributed by atoms with van der Waals surface area (Å²) in [6.07, 6.45) is 0. The third-order valence-electron chi connectivity index (χ3n) is 3.47. The first kappa shape index (κ1) is 16.4. The lowest BCUT2D eigenvalue weighted by Crippen LogP contribution is -1.96. The van der Waals surface area contributed by atoms with E-state index in [9.17, 15) is 0 Å². The third kappa shape index (κ3) is 3.71. The van der Waals surface area contributed by atoms with E-state index in [1.807, 2.05) is 37.3 Å². The van der Waals surface area contributed by atoms with Gasteiger partial charge in [-0.3, -0.25) is 0 Å². The van der Waals surface area contributed by atoms with E-state index in [2.05, 4.69) is 23.3 Å². The van der Waals surface area contributed by atoms with Gasteiger partial charge in [-0.25, -0.2) is 4.98 Å². The smallest absolute Gasteiger partial charge is 0.219 e. The summed E-state index contributed by atoms with van der Waals surface area (Å²) >= 11 is 6.18. The second kappa shape index (κ2) is 7.41. The molecule has 1 aromatic heterocycles. The second-order valence-electron chi connectivity index (χ2n) is 5.21. The van der Waals surface area contributed by atoms with Crippen LogP contribution in [-0.4, -0.2) is 18.1 Å². The van der Waals surface area contributed by atoms with E-state index in [4.69, 9.17) is 21.1 Å². The van der Waals surface area contributed by atoms with E-state index in [1.54, 1.807) is 12.1 Å². The number of nitrogens with one attached hydrogen (secondary N) is 1. The minimum Gasteiger partial charge on any atom is -0.492 e. The van der Waals surface area contributed by atoms with Crippen molar-refractivity contribution in [3.63, 3.8) is 0 Å². The predicted octanol–water partition coefficient (Wildman–Crippen LogP) is 5.51. The fourth-order valence-corrected chi connectivity index (χ4v) is 2.64. The van der Waals surface area contributed by atoms with Crippen molar-refractivity contribution in [3.05, 3.63) is 53.6 Å². The van der Waals surface area contributed by atoms with Gasteiger partial charge in [-0.05, 0) is 50.2 Å². The number of hydrogen-bond donors (Lipinski definition) is 1. The molecule has 0 atom stereocenters. The van der Waals surface area contributed by atoms with Crippen LogP contribution in [0.25, 0.3) is 10.9 Å². The van der Waals surface area contributed by atoms with E-state index >= 15 is 0 Å².